The van der Waals surface area contributed by atoms with Gasteiger partial charge in [0.05, 0.1) is 12.2 Å². The maximum atomic E-state index is 11.5. The number of carbonyl (C=O) groups excluding carboxylic acids is 1. The summed E-state index contributed by atoms with van der Waals surface area (Å²) < 4.78 is 15.9. The van der Waals surface area contributed by atoms with Crippen molar-refractivity contribution in [3.8, 4) is 0 Å². The first kappa shape index (κ1) is 13.4. The molecular formula is C11H21NO4. The van der Waals surface area contributed by atoms with Crippen LogP contribution in [0.25, 0.3) is 0 Å². The molecule has 1 rings (SSSR count). The lowest BCUT2D eigenvalue weighted by Gasteiger charge is -2.37. The van der Waals surface area contributed by atoms with Crippen molar-refractivity contribution < 1.29 is 19.0 Å². The monoisotopic (exact) mass is 231 g/mol. The zero-order valence-corrected chi connectivity index (χ0v) is 10.0. The van der Waals surface area contributed by atoms with Crippen LogP contribution in [0.2, 0.25) is 0 Å². The number of carbonyl (C=O) groups is 1. The molecule has 1 aliphatic rings. The average molecular weight is 231 g/mol. The number of hydrogen-bond donors (Lipinski definition) is 1. The van der Waals surface area contributed by atoms with Crippen LogP contribution in [0.3, 0.4) is 0 Å². The minimum absolute atomic E-state index is 0.332. The molecule has 5 heteroatoms. The highest BCUT2D eigenvalue weighted by Gasteiger charge is 2.35. The van der Waals surface area contributed by atoms with Crippen LogP contribution in [0.5, 0.6) is 0 Å². The second kappa shape index (κ2) is 6.18. The Hall–Kier alpha value is -0.650. The molecule has 0 saturated carbocycles. The Bertz CT molecular complexity index is 226. The van der Waals surface area contributed by atoms with E-state index in [2.05, 4.69) is 0 Å². The molecule has 0 bridgehead atoms. The molecule has 1 saturated heterocycles. The Balaban J connectivity index is 2.51. The molecule has 1 atom stereocenters. The molecule has 1 unspecified atom stereocenters. The van der Waals surface area contributed by atoms with Crippen molar-refractivity contribution in [1.82, 2.24) is 0 Å². The number of ether oxygens (including phenoxy) is 3. The van der Waals surface area contributed by atoms with E-state index in [1.807, 2.05) is 0 Å². The zero-order chi connectivity index (χ0) is 12.0. The summed E-state index contributed by atoms with van der Waals surface area (Å²) in [5.41, 5.74) is 5.30. The maximum Gasteiger partial charge on any atom is 0.334 e. The molecule has 5 nitrogen and oxygen atoms in total. The molecule has 1 heterocycles. The summed E-state index contributed by atoms with van der Waals surface area (Å²) in [7, 11) is 0. The van der Waals surface area contributed by atoms with Crippen LogP contribution in [0.1, 0.15) is 26.7 Å². The van der Waals surface area contributed by atoms with Gasteiger partial charge in [-0.05, 0) is 13.8 Å². The fourth-order valence-corrected chi connectivity index (χ4v) is 1.80. The summed E-state index contributed by atoms with van der Waals surface area (Å²) in [5.74, 6) is -0.332. The standard InChI is InChI=1S/C11H21NO4/c1-3-15-10(13)9(2)16-11(8-12)4-6-14-7-5-11/h9H,3-8,12H2,1-2H3. The van der Waals surface area contributed by atoms with Crippen molar-refractivity contribution >= 4 is 5.97 Å². The van der Waals surface area contributed by atoms with Crippen molar-refractivity contribution in [3.05, 3.63) is 0 Å². The van der Waals surface area contributed by atoms with Crippen molar-refractivity contribution in [2.24, 2.45) is 5.73 Å². The summed E-state index contributed by atoms with van der Waals surface area (Å²) in [4.78, 5) is 11.5. The van der Waals surface area contributed by atoms with Gasteiger partial charge in [-0.2, -0.15) is 0 Å². The molecular weight excluding hydrogens is 210 g/mol. The van der Waals surface area contributed by atoms with Crippen LogP contribution in [0.15, 0.2) is 0 Å². The van der Waals surface area contributed by atoms with Crippen LogP contribution < -0.4 is 5.73 Å². The number of rotatable bonds is 5. The van der Waals surface area contributed by atoms with Gasteiger partial charge in [-0.3, -0.25) is 0 Å². The van der Waals surface area contributed by atoms with Crippen LogP contribution in [0.4, 0.5) is 0 Å². The summed E-state index contributed by atoms with van der Waals surface area (Å²) >= 11 is 0. The van der Waals surface area contributed by atoms with E-state index in [1.54, 1.807) is 13.8 Å². The number of esters is 1. The van der Waals surface area contributed by atoms with Gasteiger partial charge >= 0.3 is 5.97 Å². The molecule has 16 heavy (non-hydrogen) atoms. The lowest BCUT2D eigenvalue weighted by atomic mass is 9.94. The quantitative estimate of drug-likeness (QED) is 0.696. The topological polar surface area (TPSA) is 70.8 Å². The highest BCUT2D eigenvalue weighted by atomic mass is 16.6. The Kier molecular flexibility index (Phi) is 5.18. The summed E-state index contributed by atoms with van der Waals surface area (Å²) in [6, 6.07) is 0. The van der Waals surface area contributed by atoms with E-state index in [1.165, 1.54) is 0 Å². The smallest absolute Gasteiger partial charge is 0.334 e. The minimum atomic E-state index is -0.568. The predicted octanol–water partition coefficient (Wildman–Crippen LogP) is 0.463. The van der Waals surface area contributed by atoms with E-state index in [9.17, 15) is 4.79 Å². The van der Waals surface area contributed by atoms with Crippen LogP contribution in [-0.2, 0) is 19.0 Å². The van der Waals surface area contributed by atoms with Gasteiger partial charge in [0.2, 0.25) is 0 Å². The summed E-state index contributed by atoms with van der Waals surface area (Å²) in [5, 5.41) is 0. The Morgan fingerprint density at radius 2 is 2.12 bits per heavy atom. The molecule has 0 radical (unpaired) electrons. The lowest BCUT2D eigenvalue weighted by molar-refractivity contribution is -0.177. The van der Waals surface area contributed by atoms with E-state index >= 15 is 0 Å². The van der Waals surface area contributed by atoms with Gasteiger partial charge in [-0.25, -0.2) is 4.79 Å². The molecule has 94 valence electrons. The third kappa shape index (κ3) is 3.43. The Labute approximate surface area is 96.2 Å². The van der Waals surface area contributed by atoms with E-state index in [0.717, 1.165) is 12.8 Å². The minimum Gasteiger partial charge on any atom is -0.464 e. The van der Waals surface area contributed by atoms with E-state index in [0.29, 0.717) is 26.4 Å². The molecule has 0 aromatic heterocycles. The van der Waals surface area contributed by atoms with Crippen LogP contribution in [0, 0.1) is 0 Å². The van der Waals surface area contributed by atoms with Crippen molar-refractivity contribution in [1.29, 1.82) is 0 Å². The van der Waals surface area contributed by atoms with E-state index in [-0.39, 0.29) is 5.97 Å². The van der Waals surface area contributed by atoms with Gasteiger partial charge in [0.25, 0.3) is 0 Å². The Morgan fingerprint density at radius 3 is 2.62 bits per heavy atom. The zero-order valence-electron chi connectivity index (χ0n) is 10.0. The van der Waals surface area contributed by atoms with E-state index < -0.39 is 11.7 Å². The molecule has 0 aromatic rings. The Morgan fingerprint density at radius 1 is 1.50 bits per heavy atom. The third-order valence-corrected chi connectivity index (χ3v) is 2.82. The molecule has 2 N–H and O–H groups in total. The maximum absolute atomic E-state index is 11.5. The molecule has 0 spiro atoms. The normalized spacial score (nSPS) is 21.4. The van der Waals surface area contributed by atoms with Crippen molar-refractivity contribution in [2.45, 2.75) is 38.4 Å². The van der Waals surface area contributed by atoms with Crippen LogP contribution >= 0.6 is 0 Å². The highest BCUT2D eigenvalue weighted by molar-refractivity contribution is 5.74. The fraction of sp³-hybridized carbons (Fsp3) is 0.909. The number of nitrogens with two attached hydrogens (primary N) is 1. The molecule has 0 amide bonds. The van der Waals surface area contributed by atoms with Gasteiger partial charge in [0.15, 0.2) is 6.10 Å². The predicted molar refractivity (Wildman–Crippen MR) is 59.0 cm³/mol. The fourth-order valence-electron chi connectivity index (χ4n) is 1.80. The molecule has 0 aromatic carbocycles. The molecule has 0 aliphatic carbocycles. The summed E-state index contributed by atoms with van der Waals surface area (Å²) in [6.07, 6.45) is 0.891. The van der Waals surface area contributed by atoms with E-state index in [4.69, 9.17) is 19.9 Å². The largest absolute Gasteiger partial charge is 0.464 e. The molecule has 1 fully saturated rings. The third-order valence-electron chi connectivity index (χ3n) is 2.82. The second-order valence-corrected chi connectivity index (χ2v) is 4.01. The van der Waals surface area contributed by atoms with Gasteiger partial charge in [0.1, 0.15) is 0 Å². The van der Waals surface area contributed by atoms with Crippen molar-refractivity contribution in [3.63, 3.8) is 0 Å². The van der Waals surface area contributed by atoms with Crippen molar-refractivity contribution in [2.75, 3.05) is 26.4 Å². The van der Waals surface area contributed by atoms with Crippen LogP contribution in [-0.4, -0.2) is 44.0 Å². The van der Waals surface area contributed by atoms with Gasteiger partial charge < -0.3 is 19.9 Å². The van der Waals surface area contributed by atoms with Gasteiger partial charge in [0, 0.05) is 32.6 Å². The summed E-state index contributed by atoms with van der Waals surface area (Å²) in [6.45, 7) is 5.51. The average Bonchev–Trinajstić information content (AvgIpc) is 2.30. The number of hydrogen-bond acceptors (Lipinski definition) is 5. The highest BCUT2D eigenvalue weighted by Crippen LogP contribution is 2.25. The van der Waals surface area contributed by atoms with Gasteiger partial charge in [-0.15, -0.1) is 0 Å². The SMILES string of the molecule is CCOC(=O)C(C)OC1(CN)CCOCC1. The van der Waals surface area contributed by atoms with Gasteiger partial charge in [-0.1, -0.05) is 0 Å². The lowest BCUT2D eigenvalue weighted by Crippen LogP contribution is -2.48. The second-order valence-electron chi connectivity index (χ2n) is 4.01. The molecule has 1 aliphatic heterocycles. The first-order valence-corrected chi connectivity index (χ1v) is 5.76. The first-order valence-electron chi connectivity index (χ1n) is 5.76. The first-order chi connectivity index (χ1) is 7.63.